The molecule has 1 aromatic rings. The summed E-state index contributed by atoms with van der Waals surface area (Å²) in [6.45, 7) is 5.39. The van der Waals surface area contributed by atoms with Gasteiger partial charge >= 0.3 is 7.60 Å². The van der Waals surface area contributed by atoms with Crippen LogP contribution in [0.15, 0.2) is 30.3 Å². The van der Waals surface area contributed by atoms with Crippen LogP contribution in [-0.2, 0) is 28.9 Å². The molecule has 0 unspecified atom stereocenters. The summed E-state index contributed by atoms with van der Waals surface area (Å²) in [6.07, 6.45) is 0.706. The predicted octanol–water partition coefficient (Wildman–Crippen LogP) is 3.54. The summed E-state index contributed by atoms with van der Waals surface area (Å²) in [5.74, 6) is -0.842. The summed E-state index contributed by atoms with van der Waals surface area (Å²) >= 11 is 0. The lowest BCUT2D eigenvalue weighted by molar-refractivity contribution is -0.167. The molecular formula is C15H23O5P. The summed E-state index contributed by atoms with van der Waals surface area (Å²) in [5.41, 5.74) is 0.932. The molecule has 5 nitrogen and oxygen atoms in total. The maximum Gasteiger partial charge on any atom is 0.330 e. The van der Waals surface area contributed by atoms with Crippen LogP contribution < -0.4 is 0 Å². The van der Waals surface area contributed by atoms with E-state index < -0.39 is 13.4 Å². The van der Waals surface area contributed by atoms with Crippen molar-refractivity contribution in [1.29, 1.82) is 0 Å². The van der Waals surface area contributed by atoms with Gasteiger partial charge in [-0.05, 0) is 13.8 Å². The molecule has 1 aliphatic heterocycles. The van der Waals surface area contributed by atoms with Crippen molar-refractivity contribution in [1.82, 2.24) is 0 Å². The van der Waals surface area contributed by atoms with Gasteiger partial charge in [-0.1, -0.05) is 30.3 Å². The molecule has 1 fully saturated rings. The maximum atomic E-state index is 12.6. The molecule has 0 saturated carbocycles. The van der Waals surface area contributed by atoms with Crippen LogP contribution in [0.2, 0.25) is 0 Å². The average Bonchev–Trinajstić information content (AvgIpc) is 2.97. The molecule has 0 N–H and O–H groups in total. The van der Waals surface area contributed by atoms with Gasteiger partial charge < -0.3 is 18.5 Å². The van der Waals surface area contributed by atoms with Crippen LogP contribution in [0.1, 0.15) is 25.8 Å². The van der Waals surface area contributed by atoms with Gasteiger partial charge in [0.1, 0.15) is 0 Å². The molecule has 1 heterocycles. The van der Waals surface area contributed by atoms with Crippen molar-refractivity contribution >= 4 is 7.60 Å². The molecule has 118 valence electrons. The van der Waals surface area contributed by atoms with Crippen molar-refractivity contribution in [2.24, 2.45) is 0 Å². The third kappa shape index (κ3) is 4.15. The van der Waals surface area contributed by atoms with Crippen molar-refractivity contribution in [3.63, 3.8) is 0 Å². The molecule has 1 saturated heterocycles. The van der Waals surface area contributed by atoms with Gasteiger partial charge in [-0.3, -0.25) is 4.57 Å². The minimum atomic E-state index is -3.09. The fourth-order valence-corrected chi connectivity index (χ4v) is 4.13. The number of rotatable bonds is 8. The zero-order chi connectivity index (χ0) is 15.2. The molecule has 0 radical (unpaired) electrons. The van der Waals surface area contributed by atoms with E-state index in [0.29, 0.717) is 32.8 Å². The van der Waals surface area contributed by atoms with Crippen molar-refractivity contribution in [2.75, 3.05) is 32.6 Å². The maximum absolute atomic E-state index is 12.6. The fourth-order valence-electron chi connectivity index (χ4n) is 2.45. The van der Waals surface area contributed by atoms with E-state index >= 15 is 0 Å². The Labute approximate surface area is 126 Å². The Kier molecular flexibility index (Phi) is 5.97. The van der Waals surface area contributed by atoms with E-state index in [1.54, 1.807) is 13.8 Å². The van der Waals surface area contributed by atoms with Crippen LogP contribution in [0.25, 0.3) is 0 Å². The zero-order valence-electron chi connectivity index (χ0n) is 12.6. The first-order valence-corrected chi connectivity index (χ1v) is 9.08. The summed E-state index contributed by atoms with van der Waals surface area (Å²) in [7, 11) is -3.09. The summed E-state index contributed by atoms with van der Waals surface area (Å²) < 4.78 is 34.9. The molecule has 0 amide bonds. The lowest BCUT2D eigenvalue weighted by Gasteiger charge is -2.29. The summed E-state index contributed by atoms with van der Waals surface area (Å²) in [5, 5.41) is 0. The van der Waals surface area contributed by atoms with Crippen LogP contribution in [0.5, 0.6) is 0 Å². The summed E-state index contributed by atoms with van der Waals surface area (Å²) in [6, 6.07) is 9.73. The Bertz CT molecular complexity index is 460. The van der Waals surface area contributed by atoms with Gasteiger partial charge in [0.05, 0.1) is 32.6 Å². The van der Waals surface area contributed by atoms with Gasteiger partial charge in [0.2, 0.25) is 0 Å². The SMILES string of the molecule is CCOP(=O)(CCC1(c2ccccc2)OCCO1)OCC. The van der Waals surface area contributed by atoms with E-state index in [-0.39, 0.29) is 6.16 Å². The molecule has 0 atom stereocenters. The lowest BCUT2D eigenvalue weighted by atomic mass is 10.0. The van der Waals surface area contributed by atoms with E-state index in [2.05, 4.69) is 0 Å². The van der Waals surface area contributed by atoms with Crippen molar-refractivity contribution in [3.05, 3.63) is 35.9 Å². The molecule has 1 aliphatic rings. The monoisotopic (exact) mass is 314 g/mol. The highest BCUT2D eigenvalue weighted by Crippen LogP contribution is 2.51. The Balaban J connectivity index is 2.12. The van der Waals surface area contributed by atoms with Crippen molar-refractivity contribution < 1.29 is 23.1 Å². The summed E-state index contributed by atoms with van der Waals surface area (Å²) in [4.78, 5) is 0. The fraction of sp³-hybridized carbons (Fsp3) is 0.600. The van der Waals surface area contributed by atoms with Crippen molar-refractivity contribution in [3.8, 4) is 0 Å². The van der Waals surface area contributed by atoms with Crippen LogP contribution in [-0.4, -0.2) is 32.6 Å². The average molecular weight is 314 g/mol. The quantitative estimate of drug-likeness (QED) is 0.687. The second kappa shape index (κ2) is 7.52. The molecular weight excluding hydrogens is 291 g/mol. The Morgan fingerprint density at radius 1 is 1.10 bits per heavy atom. The first kappa shape index (κ1) is 16.7. The standard InChI is InChI=1S/C15H23O5P/c1-3-19-21(16,20-4-2)13-10-15(17-11-12-18-15)14-8-6-5-7-9-14/h5-9H,3-4,10-13H2,1-2H3. The topological polar surface area (TPSA) is 54.0 Å². The molecule has 21 heavy (non-hydrogen) atoms. The Morgan fingerprint density at radius 3 is 2.19 bits per heavy atom. The normalized spacial score (nSPS) is 18.0. The Hall–Kier alpha value is -0.710. The largest absolute Gasteiger partial charge is 0.343 e. The smallest absolute Gasteiger partial charge is 0.330 e. The van der Waals surface area contributed by atoms with E-state index in [4.69, 9.17) is 18.5 Å². The highest BCUT2D eigenvalue weighted by atomic mass is 31.2. The second-order valence-electron chi connectivity index (χ2n) is 4.74. The van der Waals surface area contributed by atoms with Gasteiger partial charge in [-0.2, -0.15) is 0 Å². The van der Waals surface area contributed by atoms with Crippen LogP contribution in [0.4, 0.5) is 0 Å². The Morgan fingerprint density at radius 2 is 1.67 bits per heavy atom. The van der Waals surface area contributed by atoms with Crippen molar-refractivity contribution in [2.45, 2.75) is 26.1 Å². The van der Waals surface area contributed by atoms with Crippen LogP contribution in [0, 0.1) is 0 Å². The van der Waals surface area contributed by atoms with Gasteiger partial charge in [0.25, 0.3) is 0 Å². The van der Waals surface area contributed by atoms with Crippen LogP contribution >= 0.6 is 7.60 Å². The number of ether oxygens (including phenoxy) is 2. The lowest BCUT2D eigenvalue weighted by Crippen LogP contribution is -2.28. The number of benzene rings is 1. The second-order valence-corrected chi connectivity index (χ2v) is 6.92. The third-order valence-corrected chi connectivity index (χ3v) is 5.41. The highest BCUT2D eigenvalue weighted by Gasteiger charge is 2.41. The molecule has 0 aromatic heterocycles. The first-order valence-electron chi connectivity index (χ1n) is 7.36. The van der Waals surface area contributed by atoms with E-state index in [0.717, 1.165) is 5.56 Å². The number of hydrogen-bond donors (Lipinski definition) is 0. The van der Waals surface area contributed by atoms with E-state index in [1.807, 2.05) is 30.3 Å². The highest BCUT2D eigenvalue weighted by molar-refractivity contribution is 7.53. The zero-order valence-corrected chi connectivity index (χ0v) is 13.5. The predicted molar refractivity (Wildman–Crippen MR) is 80.4 cm³/mol. The molecule has 0 aliphatic carbocycles. The van der Waals surface area contributed by atoms with Crippen LogP contribution in [0.3, 0.4) is 0 Å². The minimum absolute atomic E-state index is 0.267. The number of hydrogen-bond acceptors (Lipinski definition) is 5. The van der Waals surface area contributed by atoms with Gasteiger partial charge in [0, 0.05) is 12.0 Å². The van der Waals surface area contributed by atoms with E-state index in [9.17, 15) is 4.57 Å². The third-order valence-electron chi connectivity index (χ3n) is 3.33. The molecule has 1 aromatic carbocycles. The minimum Gasteiger partial charge on any atom is -0.343 e. The molecule has 2 rings (SSSR count). The van der Waals surface area contributed by atoms with Gasteiger partial charge in [-0.25, -0.2) is 0 Å². The van der Waals surface area contributed by atoms with Gasteiger partial charge in [-0.15, -0.1) is 0 Å². The first-order chi connectivity index (χ1) is 10.1. The van der Waals surface area contributed by atoms with E-state index in [1.165, 1.54) is 0 Å². The molecule has 6 heteroatoms. The molecule has 0 spiro atoms. The van der Waals surface area contributed by atoms with Gasteiger partial charge in [0.15, 0.2) is 5.79 Å². The molecule has 0 bridgehead atoms.